The maximum absolute atomic E-state index is 13.0. The van der Waals surface area contributed by atoms with Crippen LogP contribution in [0.1, 0.15) is 34.6 Å². The fraction of sp³-hybridized carbons (Fsp3) is 0.333. The van der Waals surface area contributed by atoms with Gasteiger partial charge in [-0.15, -0.1) is 0 Å². The normalized spacial score (nSPS) is 15.3. The molecule has 0 bridgehead atoms. The van der Waals surface area contributed by atoms with E-state index in [-0.39, 0.29) is 11.7 Å². The van der Waals surface area contributed by atoms with Gasteiger partial charge in [-0.25, -0.2) is 9.37 Å². The number of nitrogens with one attached hydrogen (secondary N) is 2. The number of hydrogen-bond donors (Lipinski definition) is 2. The number of aromatic amines is 1. The third-order valence-electron chi connectivity index (χ3n) is 6.72. The zero-order valence-electron chi connectivity index (χ0n) is 18.9. The first-order valence-electron chi connectivity index (χ1n) is 11.7. The van der Waals surface area contributed by atoms with E-state index in [0.717, 1.165) is 66.4 Å². The average molecular weight is 445 g/mol. The van der Waals surface area contributed by atoms with Crippen molar-refractivity contribution >= 4 is 27.7 Å². The summed E-state index contributed by atoms with van der Waals surface area (Å²) < 4.78 is 13.0. The quantitative estimate of drug-likeness (QED) is 0.447. The lowest BCUT2D eigenvalue weighted by Crippen LogP contribution is -2.39. The Kier molecular flexibility index (Phi) is 6.09. The van der Waals surface area contributed by atoms with Crippen LogP contribution in [-0.2, 0) is 6.42 Å². The number of carbonyl (C=O) groups is 1. The van der Waals surface area contributed by atoms with E-state index in [2.05, 4.69) is 32.3 Å². The first-order valence-corrected chi connectivity index (χ1v) is 11.7. The summed E-state index contributed by atoms with van der Waals surface area (Å²) in [5.74, 6) is 0.191. The highest BCUT2D eigenvalue weighted by atomic mass is 19.1. The summed E-state index contributed by atoms with van der Waals surface area (Å²) in [6, 6.07) is 16.8. The number of nitrogens with zero attached hydrogens (tertiary/aromatic N) is 2. The molecule has 1 aliphatic heterocycles. The van der Waals surface area contributed by atoms with E-state index in [1.54, 1.807) is 0 Å². The molecule has 1 amide bonds. The van der Waals surface area contributed by atoms with E-state index in [4.69, 9.17) is 0 Å². The summed E-state index contributed by atoms with van der Waals surface area (Å²) in [5.41, 5.74) is 4.52. The van der Waals surface area contributed by atoms with Gasteiger partial charge in [-0.3, -0.25) is 4.79 Å². The average Bonchev–Trinajstić information content (AvgIpc) is 3.28. The third kappa shape index (κ3) is 4.91. The molecule has 1 fully saturated rings. The molecule has 4 aromatic rings. The monoisotopic (exact) mass is 444 g/mol. The minimum Gasteiger partial charge on any atom is -0.357 e. The molecule has 0 aliphatic carbocycles. The fourth-order valence-electron chi connectivity index (χ4n) is 4.68. The molecular formula is C27H29FN4O. The van der Waals surface area contributed by atoms with Gasteiger partial charge in [0, 0.05) is 29.6 Å². The summed E-state index contributed by atoms with van der Waals surface area (Å²) in [5, 5.41) is 5.16. The van der Waals surface area contributed by atoms with Crippen LogP contribution < -0.4 is 5.32 Å². The largest absolute Gasteiger partial charge is 0.357 e. The van der Waals surface area contributed by atoms with Gasteiger partial charge in [-0.2, -0.15) is 0 Å². The molecule has 5 nitrogen and oxygen atoms in total. The molecule has 170 valence electrons. The van der Waals surface area contributed by atoms with Crippen LogP contribution >= 0.6 is 0 Å². The highest BCUT2D eigenvalue weighted by Crippen LogP contribution is 2.25. The molecule has 33 heavy (non-hydrogen) atoms. The van der Waals surface area contributed by atoms with Gasteiger partial charge in [-0.1, -0.05) is 30.3 Å². The van der Waals surface area contributed by atoms with E-state index in [9.17, 15) is 9.18 Å². The number of benzene rings is 2. The highest BCUT2D eigenvalue weighted by Gasteiger charge is 2.20. The van der Waals surface area contributed by atoms with Gasteiger partial charge >= 0.3 is 0 Å². The van der Waals surface area contributed by atoms with E-state index in [1.165, 1.54) is 17.7 Å². The van der Waals surface area contributed by atoms with Crippen molar-refractivity contribution < 1.29 is 9.18 Å². The van der Waals surface area contributed by atoms with E-state index in [0.29, 0.717) is 18.2 Å². The van der Waals surface area contributed by atoms with Crippen molar-refractivity contribution in [1.82, 2.24) is 20.2 Å². The summed E-state index contributed by atoms with van der Waals surface area (Å²) in [6.07, 6.45) is 3.07. The van der Waals surface area contributed by atoms with Crippen molar-refractivity contribution in [2.45, 2.75) is 26.2 Å². The third-order valence-corrected chi connectivity index (χ3v) is 6.72. The number of fused-ring (bicyclic) bond motifs is 3. The Hall–Kier alpha value is -3.25. The first kappa shape index (κ1) is 21.6. The molecule has 2 aromatic carbocycles. The number of H-pyrrole nitrogens is 1. The van der Waals surface area contributed by atoms with Gasteiger partial charge in [0.2, 0.25) is 0 Å². The molecule has 6 heteroatoms. The van der Waals surface area contributed by atoms with Crippen LogP contribution in [0, 0.1) is 18.7 Å². The Bertz CT molecular complexity index is 1270. The molecule has 0 saturated carbocycles. The summed E-state index contributed by atoms with van der Waals surface area (Å²) >= 11 is 0. The predicted molar refractivity (Wildman–Crippen MR) is 130 cm³/mol. The van der Waals surface area contributed by atoms with Crippen LogP contribution in [0.15, 0.2) is 54.6 Å². The SMILES string of the molecule is Cc1ccc2ccc3cc(C(=O)NCC4CCN(CCc5ccc(F)cc5)CC4)nc3c2[nH]1. The number of amides is 1. The van der Waals surface area contributed by atoms with Crippen molar-refractivity contribution in [3.05, 3.63) is 77.4 Å². The molecule has 2 aromatic heterocycles. The van der Waals surface area contributed by atoms with Gasteiger partial charge in [0.25, 0.3) is 5.91 Å². The Morgan fingerprint density at radius 2 is 1.82 bits per heavy atom. The fourth-order valence-corrected chi connectivity index (χ4v) is 4.68. The molecular weight excluding hydrogens is 415 g/mol. The molecule has 5 rings (SSSR count). The molecule has 1 aliphatic rings. The smallest absolute Gasteiger partial charge is 0.269 e. The zero-order valence-corrected chi connectivity index (χ0v) is 18.9. The number of aromatic nitrogens is 2. The van der Waals surface area contributed by atoms with Crippen LogP contribution in [-0.4, -0.2) is 47.0 Å². The molecule has 3 heterocycles. The van der Waals surface area contributed by atoms with Gasteiger partial charge in [0.15, 0.2) is 0 Å². The van der Waals surface area contributed by atoms with Crippen LogP contribution in [0.4, 0.5) is 4.39 Å². The second-order valence-electron chi connectivity index (χ2n) is 9.12. The number of rotatable bonds is 6. The Balaban J connectivity index is 1.13. The van der Waals surface area contributed by atoms with Gasteiger partial charge < -0.3 is 15.2 Å². The minimum atomic E-state index is -0.187. The number of piperidine rings is 1. The van der Waals surface area contributed by atoms with Crippen molar-refractivity contribution in [3.8, 4) is 0 Å². The number of pyridine rings is 1. The maximum atomic E-state index is 13.0. The van der Waals surface area contributed by atoms with E-state index in [1.807, 2.05) is 37.3 Å². The maximum Gasteiger partial charge on any atom is 0.269 e. The predicted octanol–water partition coefficient (Wildman–Crippen LogP) is 4.85. The molecule has 0 radical (unpaired) electrons. The summed E-state index contributed by atoms with van der Waals surface area (Å²) in [4.78, 5) is 23.3. The Morgan fingerprint density at radius 1 is 1.09 bits per heavy atom. The van der Waals surface area contributed by atoms with Crippen molar-refractivity contribution in [2.24, 2.45) is 5.92 Å². The van der Waals surface area contributed by atoms with Gasteiger partial charge in [0.05, 0.1) is 11.0 Å². The number of carbonyl (C=O) groups excluding carboxylic acids is 1. The van der Waals surface area contributed by atoms with Crippen LogP contribution in [0.3, 0.4) is 0 Å². The van der Waals surface area contributed by atoms with Crippen molar-refractivity contribution in [2.75, 3.05) is 26.2 Å². The lowest BCUT2D eigenvalue weighted by Gasteiger charge is -2.32. The molecule has 1 saturated heterocycles. The number of likely N-dealkylation sites (tertiary alicyclic amines) is 1. The number of halogens is 1. The summed E-state index contributed by atoms with van der Waals surface area (Å²) in [6.45, 7) is 5.74. The first-order chi connectivity index (χ1) is 16.0. The topological polar surface area (TPSA) is 61.0 Å². The minimum absolute atomic E-state index is 0.106. The highest BCUT2D eigenvalue weighted by molar-refractivity contribution is 6.07. The Morgan fingerprint density at radius 3 is 2.61 bits per heavy atom. The van der Waals surface area contributed by atoms with Gasteiger partial charge in [0.1, 0.15) is 11.5 Å². The standard InChI is InChI=1S/C27H29FN4O/c1-18-2-5-21-6-7-22-16-24(31-26(22)25(21)30-18)27(33)29-17-20-11-14-32(15-12-20)13-10-19-3-8-23(28)9-4-19/h2-9,16,20,30H,10-15,17H2,1H3,(H,29,33). The van der Waals surface area contributed by atoms with Crippen LogP contribution in [0.25, 0.3) is 21.8 Å². The molecule has 0 unspecified atom stereocenters. The van der Waals surface area contributed by atoms with Crippen LogP contribution in [0.5, 0.6) is 0 Å². The van der Waals surface area contributed by atoms with Crippen molar-refractivity contribution in [1.29, 1.82) is 0 Å². The lowest BCUT2D eigenvalue weighted by molar-refractivity contribution is 0.0932. The Labute approximate surface area is 193 Å². The van der Waals surface area contributed by atoms with Gasteiger partial charge in [-0.05, 0) is 75.0 Å². The summed E-state index contributed by atoms with van der Waals surface area (Å²) in [7, 11) is 0. The molecule has 2 N–H and O–H groups in total. The molecule has 0 spiro atoms. The van der Waals surface area contributed by atoms with E-state index < -0.39 is 0 Å². The second kappa shape index (κ2) is 9.32. The van der Waals surface area contributed by atoms with Crippen LogP contribution in [0.2, 0.25) is 0 Å². The number of aryl methyl sites for hydroxylation is 1. The van der Waals surface area contributed by atoms with E-state index >= 15 is 0 Å². The second-order valence-corrected chi connectivity index (χ2v) is 9.12. The molecule has 0 atom stereocenters. The number of hydrogen-bond acceptors (Lipinski definition) is 3. The zero-order chi connectivity index (χ0) is 22.8. The lowest BCUT2D eigenvalue weighted by atomic mass is 9.96. The van der Waals surface area contributed by atoms with Crippen molar-refractivity contribution in [3.63, 3.8) is 0 Å².